The van der Waals surface area contributed by atoms with E-state index in [2.05, 4.69) is 20.0 Å². The smallest absolute Gasteiger partial charge is 0.422 e. The Hall–Kier alpha value is -2.97. The average Bonchev–Trinajstić information content (AvgIpc) is 2.57. The van der Waals surface area contributed by atoms with Gasteiger partial charge in [0, 0.05) is 42.2 Å². The number of Topliss-reactive ketones (excluding diaryl/α,β-unsaturated/α-hetero) is 1. The van der Waals surface area contributed by atoms with Crippen LogP contribution in [0.15, 0.2) is 30.5 Å². The fourth-order valence-corrected chi connectivity index (χ4v) is 2.26. The van der Waals surface area contributed by atoms with Gasteiger partial charge in [-0.3, -0.25) is 14.6 Å². The van der Waals surface area contributed by atoms with Crippen molar-refractivity contribution in [3.8, 4) is 5.88 Å². The van der Waals surface area contributed by atoms with Crippen molar-refractivity contribution >= 4 is 11.7 Å². The second-order valence-electron chi connectivity index (χ2n) is 5.96. The minimum atomic E-state index is -4.43. The predicted molar refractivity (Wildman–Crippen MR) is 90.3 cm³/mol. The zero-order valence-corrected chi connectivity index (χ0v) is 14.8. The van der Waals surface area contributed by atoms with Crippen LogP contribution in [0.4, 0.5) is 13.2 Å². The summed E-state index contributed by atoms with van der Waals surface area (Å²) in [6, 6.07) is 5.97. The van der Waals surface area contributed by atoms with Crippen LogP contribution in [0.25, 0.3) is 0 Å². The lowest BCUT2D eigenvalue weighted by atomic mass is 10.1. The molecular formula is C18H18F3N3O3. The molecule has 0 bridgehead atoms. The normalized spacial score (nSPS) is 11.1. The summed E-state index contributed by atoms with van der Waals surface area (Å²) in [5.41, 5.74) is 2.10. The summed E-state index contributed by atoms with van der Waals surface area (Å²) in [4.78, 5) is 31.5. The van der Waals surface area contributed by atoms with E-state index in [1.165, 1.54) is 25.3 Å². The molecule has 2 heterocycles. The third kappa shape index (κ3) is 7.04. The number of nitrogens with one attached hydrogen (secondary N) is 1. The summed E-state index contributed by atoms with van der Waals surface area (Å²) in [7, 11) is 0. The van der Waals surface area contributed by atoms with E-state index in [1.54, 1.807) is 19.1 Å². The number of rotatable bonds is 7. The lowest BCUT2D eigenvalue weighted by Crippen LogP contribution is -2.23. The van der Waals surface area contributed by atoms with Gasteiger partial charge in [-0.1, -0.05) is 6.07 Å². The average molecular weight is 381 g/mol. The highest BCUT2D eigenvalue weighted by Crippen LogP contribution is 2.17. The molecular weight excluding hydrogens is 363 g/mol. The molecule has 27 heavy (non-hydrogen) atoms. The molecule has 0 saturated heterocycles. The Morgan fingerprint density at radius 3 is 2.56 bits per heavy atom. The summed E-state index contributed by atoms with van der Waals surface area (Å²) in [5, 5.41) is 2.69. The van der Waals surface area contributed by atoms with Gasteiger partial charge in [0.15, 0.2) is 6.61 Å². The molecule has 0 aliphatic rings. The molecule has 2 aromatic heterocycles. The number of carbonyl (C=O) groups excluding carboxylic acids is 2. The Morgan fingerprint density at radius 1 is 1.22 bits per heavy atom. The number of alkyl halides is 3. The number of aromatic nitrogens is 2. The minimum Gasteiger partial charge on any atom is -0.468 e. The van der Waals surface area contributed by atoms with Crippen LogP contribution in [-0.2, 0) is 17.8 Å². The van der Waals surface area contributed by atoms with E-state index in [0.29, 0.717) is 22.5 Å². The number of nitrogens with zero attached hydrogens (tertiary/aromatic N) is 2. The highest BCUT2D eigenvalue weighted by atomic mass is 19.4. The molecule has 0 radical (unpaired) electrons. The monoisotopic (exact) mass is 381 g/mol. The van der Waals surface area contributed by atoms with Crippen molar-refractivity contribution in [1.29, 1.82) is 0 Å². The molecule has 2 aromatic rings. The van der Waals surface area contributed by atoms with Crippen molar-refractivity contribution in [3.05, 3.63) is 53.0 Å². The molecule has 0 fully saturated rings. The van der Waals surface area contributed by atoms with Crippen LogP contribution in [0.3, 0.4) is 0 Å². The second-order valence-corrected chi connectivity index (χ2v) is 5.96. The van der Waals surface area contributed by atoms with Crippen molar-refractivity contribution in [2.24, 2.45) is 0 Å². The van der Waals surface area contributed by atoms with Crippen LogP contribution in [0, 0.1) is 6.92 Å². The van der Waals surface area contributed by atoms with Gasteiger partial charge in [0.25, 0.3) is 5.91 Å². The van der Waals surface area contributed by atoms with Gasteiger partial charge in [-0.15, -0.1) is 0 Å². The van der Waals surface area contributed by atoms with Crippen molar-refractivity contribution in [2.75, 3.05) is 6.61 Å². The highest BCUT2D eigenvalue weighted by molar-refractivity contribution is 5.94. The molecule has 2 rings (SSSR count). The molecule has 0 aliphatic carbocycles. The Morgan fingerprint density at radius 2 is 1.96 bits per heavy atom. The number of ether oxygens (including phenoxy) is 1. The van der Waals surface area contributed by atoms with Crippen LogP contribution < -0.4 is 10.1 Å². The van der Waals surface area contributed by atoms with Gasteiger partial charge in [-0.2, -0.15) is 13.2 Å². The lowest BCUT2D eigenvalue weighted by Gasteiger charge is -2.10. The van der Waals surface area contributed by atoms with Gasteiger partial charge in [0.05, 0.1) is 0 Å². The molecule has 0 atom stereocenters. The Balaban J connectivity index is 1.95. The molecule has 1 N–H and O–H groups in total. The zero-order valence-electron chi connectivity index (χ0n) is 14.8. The standard InChI is InChI=1S/C18H18F3N3O3/c1-11-5-14(7-15(24-11)6-12(2)25)17(26)23-9-13-3-4-16(22-8-13)27-10-18(19,20)21/h3-5,7-8H,6,9-10H2,1-2H3,(H,23,26). The van der Waals surface area contributed by atoms with E-state index in [1.807, 2.05) is 0 Å². The topological polar surface area (TPSA) is 81.2 Å². The Labute approximate surface area is 153 Å². The van der Waals surface area contributed by atoms with Gasteiger partial charge >= 0.3 is 6.18 Å². The lowest BCUT2D eigenvalue weighted by molar-refractivity contribution is -0.154. The summed E-state index contributed by atoms with van der Waals surface area (Å²) >= 11 is 0. The summed E-state index contributed by atoms with van der Waals surface area (Å²) in [6.07, 6.45) is -2.96. The van der Waals surface area contributed by atoms with Crippen molar-refractivity contribution in [2.45, 2.75) is 33.0 Å². The van der Waals surface area contributed by atoms with Gasteiger partial charge in [-0.25, -0.2) is 4.98 Å². The number of hydrogen-bond donors (Lipinski definition) is 1. The van der Waals surface area contributed by atoms with E-state index in [9.17, 15) is 22.8 Å². The Bertz CT molecular complexity index is 821. The fraction of sp³-hybridized carbons (Fsp3) is 0.333. The van der Waals surface area contributed by atoms with Crippen molar-refractivity contribution in [3.63, 3.8) is 0 Å². The largest absolute Gasteiger partial charge is 0.468 e. The van der Waals surface area contributed by atoms with E-state index in [4.69, 9.17) is 0 Å². The molecule has 144 valence electrons. The molecule has 0 spiro atoms. The number of ketones is 1. The van der Waals surface area contributed by atoms with Crippen LogP contribution in [0.1, 0.15) is 34.2 Å². The third-order valence-electron chi connectivity index (χ3n) is 3.33. The van der Waals surface area contributed by atoms with Gasteiger partial charge in [-0.05, 0) is 31.5 Å². The van der Waals surface area contributed by atoms with E-state index >= 15 is 0 Å². The highest BCUT2D eigenvalue weighted by Gasteiger charge is 2.28. The summed E-state index contributed by atoms with van der Waals surface area (Å²) in [5.74, 6) is -0.568. The second kappa shape index (κ2) is 8.61. The van der Waals surface area contributed by atoms with Crippen molar-refractivity contribution in [1.82, 2.24) is 15.3 Å². The third-order valence-corrected chi connectivity index (χ3v) is 3.33. The first kappa shape index (κ1) is 20.3. The van der Waals surface area contributed by atoms with Crippen LogP contribution >= 0.6 is 0 Å². The number of hydrogen-bond acceptors (Lipinski definition) is 5. The maximum absolute atomic E-state index is 12.3. The molecule has 0 saturated carbocycles. The molecule has 0 aromatic carbocycles. The van der Waals surface area contributed by atoms with Crippen LogP contribution in [-0.4, -0.2) is 34.4 Å². The molecule has 9 heteroatoms. The minimum absolute atomic E-state index is 0.0571. The van der Waals surface area contributed by atoms with Crippen LogP contribution in [0.2, 0.25) is 0 Å². The maximum Gasteiger partial charge on any atom is 0.422 e. The first-order valence-electron chi connectivity index (χ1n) is 8.02. The van der Waals surface area contributed by atoms with Gasteiger partial charge < -0.3 is 10.1 Å². The first-order valence-corrected chi connectivity index (χ1v) is 8.02. The molecule has 0 unspecified atom stereocenters. The number of carbonyl (C=O) groups is 2. The maximum atomic E-state index is 12.3. The number of pyridine rings is 2. The van der Waals surface area contributed by atoms with Crippen molar-refractivity contribution < 1.29 is 27.5 Å². The fourth-order valence-electron chi connectivity index (χ4n) is 2.26. The number of aryl methyl sites for hydroxylation is 1. The number of halogens is 3. The summed E-state index contributed by atoms with van der Waals surface area (Å²) in [6.45, 7) is 1.89. The quantitative estimate of drug-likeness (QED) is 0.798. The van der Waals surface area contributed by atoms with Crippen LogP contribution in [0.5, 0.6) is 5.88 Å². The van der Waals surface area contributed by atoms with Gasteiger partial charge in [0.2, 0.25) is 5.88 Å². The predicted octanol–water partition coefficient (Wildman–Crippen LogP) is 2.79. The molecule has 0 aliphatic heterocycles. The van der Waals surface area contributed by atoms with E-state index < -0.39 is 12.8 Å². The van der Waals surface area contributed by atoms with Gasteiger partial charge in [0.1, 0.15) is 5.78 Å². The summed E-state index contributed by atoms with van der Waals surface area (Å²) < 4.78 is 40.8. The molecule has 6 nitrogen and oxygen atoms in total. The first-order chi connectivity index (χ1) is 12.6. The van der Waals surface area contributed by atoms with E-state index in [-0.39, 0.29) is 30.5 Å². The molecule has 1 amide bonds. The zero-order chi connectivity index (χ0) is 20.0. The van der Waals surface area contributed by atoms with E-state index in [0.717, 1.165) is 0 Å². The SMILES string of the molecule is CC(=O)Cc1cc(C(=O)NCc2ccc(OCC(F)(F)F)nc2)cc(C)n1. The number of amides is 1. The Kier molecular flexibility index (Phi) is 6.49.